The Morgan fingerprint density at radius 3 is 2.36 bits per heavy atom. The highest BCUT2D eigenvalue weighted by Crippen LogP contribution is 2.26. The van der Waals surface area contributed by atoms with Crippen LogP contribution in [-0.4, -0.2) is 25.7 Å². The maximum atomic E-state index is 5.69. The molecule has 0 fully saturated rings. The second-order valence-corrected chi connectivity index (χ2v) is 6.10. The highest BCUT2D eigenvalue weighted by molar-refractivity contribution is 5.77. The molecular formula is C20H18N4O. The molecule has 0 saturated carbocycles. The van der Waals surface area contributed by atoms with Gasteiger partial charge in [-0.05, 0) is 49.2 Å². The number of fused-ring (bicyclic) bond motifs is 1. The van der Waals surface area contributed by atoms with E-state index in [2.05, 4.69) is 15.1 Å². The predicted octanol–water partition coefficient (Wildman–Crippen LogP) is 4.25. The molecule has 0 unspecified atom stereocenters. The highest BCUT2D eigenvalue weighted by Gasteiger charge is 2.09. The lowest BCUT2D eigenvalue weighted by Crippen LogP contribution is -2.05. The summed E-state index contributed by atoms with van der Waals surface area (Å²) >= 11 is 0. The first-order chi connectivity index (χ1) is 12.2. The zero-order valence-corrected chi connectivity index (χ0v) is 14.1. The molecule has 124 valence electrons. The minimum absolute atomic E-state index is 0.166. The first kappa shape index (κ1) is 15.3. The molecule has 0 atom stereocenters. The molecular weight excluding hydrogens is 312 g/mol. The number of rotatable bonds is 4. The molecule has 0 spiro atoms. The summed E-state index contributed by atoms with van der Waals surface area (Å²) in [5.41, 5.74) is 4.96. The van der Waals surface area contributed by atoms with Crippen molar-refractivity contribution in [2.75, 3.05) is 0 Å². The van der Waals surface area contributed by atoms with Crippen molar-refractivity contribution in [2.24, 2.45) is 0 Å². The fourth-order valence-electron chi connectivity index (χ4n) is 2.76. The second kappa shape index (κ2) is 6.36. The maximum absolute atomic E-state index is 5.69. The smallest absolute Gasteiger partial charge is 0.162 e. The Kier molecular flexibility index (Phi) is 3.90. The minimum atomic E-state index is 0.166. The van der Waals surface area contributed by atoms with E-state index < -0.39 is 0 Å². The first-order valence-electron chi connectivity index (χ1n) is 8.21. The van der Waals surface area contributed by atoms with Crippen LogP contribution in [0.2, 0.25) is 0 Å². The molecule has 3 aromatic heterocycles. The van der Waals surface area contributed by atoms with Gasteiger partial charge in [0.15, 0.2) is 5.65 Å². The molecule has 0 radical (unpaired) electrons. The van der Waals surface area contributed by atoms with Gasteiger partial charge in [0, 0.05) is 35.9 Å². The number of pyridine rings is 1. The number of hydrogen-bond donors (Lipinski definition) is 0. The van der Waals surface area contributed by atoms with Crippen molar-refractivity contribution >= 4 is 5.65 Å². The van der Waals surface area contributed by atoms with Gasteiger partial charge >= 0.3 is 0 Å². The van der Waals surface area contributed by atoms with E-state index in [1.165, 1.54) is 0 Å². The van der Waals surface area contributed by atoms with Gasteiger partial charge in [0.25, 0.3) is 0 Å². The fraction of sp³-hybridized carbons (Fsp3) is 0.150. The SMILES string of the molecule is CC(C)Oc1ccc(-c2cnc3c(-c4ccncc4)cnn3c2)cc1. The Morgan fingerprint density at radius 1 is 0.880 bits per heavy atom. The monoisotopic (exact) mass is 330 g/mol. The first-order valence-corrected chi connectivity index (χ1v) is 8.21. The Balaban J connectivity index is 1.68. The topological polar surface area (TPSA) is 52.3 Å². The zero-order chi connectivity index (χ0) is 17.2. The molecule has 0 aliphatic heterocycles. The van der Waals surface area contributed by atoms with Gasteiger partial charge in [-0.15, -0.1) is 0 Å². The van der Waals surface area contributed by atoms with Crippen LogP contribution in [0.1, 0.15) is 13.8 Å². The summed E-state index contributed by atoms with van der Waals surface area (Å²) in [4.78, 5) is 8.67. The summed E-state index contributed by atoms with van der Waals surface area (Å²) < 4.78 is 7.50. The van der Waals surface area contributed by atoms with Crippen LogP contribution in [-0.2, 0) is 0 Å². The quantitative estimate of drug-likeness (QED) is 0.561. The third kappa shape index (κ3) is 3.08. The van der Waals surface area contributed by atoms with E-state index in [0.29, 0.717) is 0 Å². The summed E-state index contributed by atoms with van der Waals surface area (Å²) in [6.45, 7) is 4.04. The zero-order valence-electron chi connectivity index (χ0n) is 14.1. The van der Waals surface area contributed by atoms with Crippen molar-refractivity contribution in [3.05, 3.63) is 67.4 Å². The van der Waals surface area contributed by atoms with Gasteiger partial charge in [0.1, 0.15) is 5.75 Å². The van der Waals surface area contributed by atoms with Crippen LogP contribution in [0.15, 0.2) is 67.4 Å². The van der Waals surface area contributed by atoms with Crippen molar-refractivity contribution in [3.8, 4) is 28.0 Å². The maximum Gasteiger partial charge on any atom is 0.162 e. The van der Waals surface area contributed by atoms with Gasteiger partial charge in [-0.2, -0.15) is 5.10 Å². The molecule has 0 bridgehead atoms. The third-order valence-corrected chi connectivity index (χ3v) is 3.91. The van der Waals surface area contributed by atoms with Crippen LogP contribution in [0.25, 0.3) is 27.9 Å². The van der Waals surface area contributed by atoms with E-state index in [4.69, 9.17) is 4.74 Å². The van der Waals surface area contributed by atoms with Gasteiger partial charge in [-0.25, -0.2) is 9.50 Å². The molecule has 4 rings (SSSR count). The van der Waals surface area contributed by atoms with Crippen LogP contribution in [0.4, 0.5) is 0 Å². The number of ether oxygens (including phenoxy) is 1. The molecule has 3 heterocycles. The van der Waals surface area contributed by atoms with Crippen LogP contribution >= 0.6 is 0 Å². The van der Waals surface area contributed by atoms with E-state index >= 15 is 0 Å². The van der Waals surface area contributed by atoms with Crippen molar-refractivity contribution in [3.63, 3.8) is 0 Å². The lowest BCUT2D eigenvalue weighted by atomic mass is 10.1. The normalized spacial score (nSPS) is 11.2. The minimum Gasteiger partial charge on any atom is -0.491 e. The average Bonchev–Trinajstić information content (AvgIpc) is 3.06. The van der Waals surface area contributed by atoms with Crippen molar-refractivity contribution in [2.45, 2.75) is 20.0 Å². The van der Waals surface area contributed by atoms with Crippen LogP contribution < -0.4 is 4.74 Å². The largest absolute Gasteiger partial charge is 0.491 e. The number of hydrogen-bond acceptors (Lipinski definition) is 4. The molecule has 1 aromatic carbocycles. The van der Waals surface area contributed by atoms with Crippen LogP contribution in [0.5, 0.6) is 5.75 Å². The molecule has 4 aromatic rings. The second-order valence-electron chi connectivity index (χ2n) is 6.10. The highest BCUT2D eigenvalue weighted by atomic mass is 16.5. The molecule has 0 amide bonds. The summed E-state index contributed by atoms with van der Waals surface area (Å²) in [6.07, 6.45) is 9.41. The van der Waals surface area contributed by atoms with E-state index in [-0.39, 0.29) is 6.10 Å². The van der Waals surface area contributed by atoms with Gasteiger partial charge < -0.3 is 4.74 Å². The van der Waals surface area contributed by atoms with Gasteiger partial charge in [-0.3, -0.25) is 4.98 Å². The Hall–Kier alpha value is -3.21. The summed E-state index contributed by atoms with van der Waals surface area (Å²) in [6, 6.07) is 11.9. The molecule has 0 N–H and O–H groups in total. The van der Waals surface area contributed by atoms with E-state index in [9.17, 15) is 0 Å². The molecule has 0 aliphatic carbocycles. The molecule has 0 aliphatic rings. The van der Waals surface area contributed by atoms with Gasteiger partial charge in [0.05, 0.1) is 12.3 Å². The van der Waals surface area contributed by atoms with Crippen molar-refractivity contribution in [1.82, 2.24) is 19.6 Å². The summed E-state index contributed by atoms with van der Waals surface area (Å²) in [5.74, 6) is 0.867. The lowest BCUT2D eigenvalue weighted by molar-refractivity contribution is 0.242. The van der Waals surface area contributed by atoms with Crippen LogP contribution in [0.3, 0.4) is 0 Å². The molecule has 5 nitrogen and oxygen atoms in total. The van der Waals surface area contributed by atoms with Crippen molar-refractivity contribution < 1.29 is 4.74 Å². The average molecular weight is 330 g/mol. The Bertz CT molecular complexity index is 991. The van der Waals surface area contributed by atoms with Crippen molar-refractivity contribution in [1.29, 1.82) is 0 Å². The number of aromatic nitrogens is 4. The van der Waals surface area contributed by atoms with E-state index in [1.807, 2.05) is 73.4 Å². The molecule has 25 heavy (non-hydrogen) atoms. The number of benzene rings is 1. The number of nitrogens with zero attached hydrogens (tertiary/aromatic N) is 4. The molecule has 5 heteroatoms. The Morgan fingerprint density at radius 2 is 1.64 bits per heavy atom. The third-order valence-electron chi connectivity index (χ3n) is 3.91. The summed E-state index contributed by atoms with van der Waals surface area (Å²) in [5, 5.41) is 4.45. The Labute approximate surface area is 145 Å². The molecule has 0 saturated heterocycles. The van der Waals surface area contributed by atoms with E-state index in [1.54, 1.807) is 12.4 Å². The van der Waals surface area contributed by atoms with Gasteiger partial charge in [-0.1, -0.05) is 12.1 Å². The summed E-state index contributed by atoms with van der Waals surface area (Å²) in [7, 11) is 0. The van der Waals surface area contributed by atoms with Gasteiger partial charge in [0.2, 0.25) is 0 Å². The standard InChI is InChI=1S/C20H18N4O/c1-14(2)25-18-5-3-15(4-6-18)17-11-22-20-19(12-23-24(20)13-17)16-7-9-21-10-8-16/h3-14H,1-2H3. The predicted molar refractivity (Wildman–Crippen MR) is 97.4 cm³/mol. The fourth-order valence-corrected chi connectivity index (χ4v) is 2.76. The lowest BCUT2D eigenvalue weighted by Gasteiger charge is -2.10. The van der Waals surface area contributed by atoms with E-state index in [0.717, 1.165) is 33.7 Å². The van der Waals surface area contributed by atoms with Crippen LogP contribution in [0, 0.1) is 0 Å².